The third-order valence-electron chi connectivity index (χ3n) is 4.09. The summed E-state index contributed by atoms with van der Waals surface area (Å²) >= 11 is 0. The van der Waals surface area contributed by atoms with Crippen LogP contribution in [0.15, 0.2) is 30.3 Å². The number of carbonyl (C=O) groups is 2. The highest BCUT2D eigenvalue weighted by Crippen LogP contribution is 2.28. The highest BCUT2D eigenvalue weighted by molar-refractivity contribution is 5.98. The maximum absolute atomic E-state index is 12.9. The Morgan fingerprint density at radius 1 is 1.19 bits per heavy atom. The first-order valence-electron chi connectivity index (χ1n) is 7.52. The van der Waals surface area contributed by atoms with Crippen LogP contribution in [-0.2, 0) is 15.1 Å². The third kappa shape index (κ3) is 3.09. The van der Waals surface area contributed by atoms with E-state index >= 15 is 0 Å². The van der Waals surface area contributed by atoms with Gasteiger partial charge in [-0.2, -0.15) is 0 Å². The predicted molar refractivity (Wildman–Crippen MR) is 82.6 cm³/mol. The van der Waals surface area contributed by atoms with Crippen molar-refractivity contribution in [3.63, 3.8) is 0 Å². The zero-order chi connectivity index (χ0) is 15.6. The molecular formula is C17H24N2O2. The van der Waals surface area contributed by atoms with Gasteiger partial charge >= 0.3 is 0 Å². The van der Waals surface area contributed by atoms with Crippen molar-refractivity contribution in [2.45, 2.75) is 45.7 Å². The first-order valence-corrected chi connectivity index (χ1v) is 7.52. The monoisotopic (exact) mass is 288 g/mol. The minimum absolute atomic E-state index is 0.0264. The zero-order valence-corrected chi connectivity index (χ0v) is 13.2. The zero-order valence-electron chi connectivity index (χ0n) is 13.2. The number of hydrogen-bond donors (Lipinski definition) is 1. The number of benzene rings is 1. The van der Waals surface area contributed by atoms with Gasteiger partial charge in [-0.3, -0.25) is 9.59 Å². The summed E-state index contributed by atoms with van der Waals surface area (Å²) in [7, 11) is 0. The van der Waals surface area contributed by atoms with Gasteiger partial charge in [-0.05, 0) is 31.7 Å². The van der Waals surface area contributed by atoms with Crippen molar-refractivity contribution in [2.75, 3.05) is 6.54 Å². The van der Waals surface area contributed by atoms with Gasteiger partial charge in [0.05, 0.1) is 6.54 Å². The number of nitrogens with one attached hydrogen (secondary N) is 1. The Bertz CT molecular complexity index is 527. The van der Waals surface area contributed by atoms with Crippen LogP contribution in [0.3, 0.4) is 0 Å². The van der Waals surface area contributed by atoms with Crippen molar-refractivity contribution in [3.05, 3.63) is 35.9 Å². The van der Waals surface area contributed by atoms with Gasteiger partial charge in [-0.15, -0.1) is 0 Å². The Morgan fingerprint density at radius 3 is 2.38 bits per heavy atom. The molecule has 1 aliphatic rings. The molecule has 2 unspecified atom stereocenters. The molecule has 2 amide bonds. The Labute approximate surface area is 126 Å². The van der Waals surface area contributed by atoms with E-state index in [4.69, 9.17) is 0 Å². The average Bonchev–Trinajstić information content (AvgIpc) is 2.43. The summed E-state index contributed by atoms with van der Waals surface area (Å²) in [4.78, 5) is 26.7. The number of nitrogens with zero attached hydrogens (tertiary/aromatic N) is 1. The molecule has 4 heteroatoms. The van der Waals surface area contributed by atoms with Crippen LogP contribution in [0, 0.1) is 5.92 Å². The molecule has 1 heterocycles. The summed E-state index contributed by atoms with van der Waals surface area (Å²) in [6.07, 6.45) is 0.893. The lowest BCUT2D eigenvalue weighted by Crippen LogP contribution is -2.65. The van der Waals surface area contributed by atoms with Crippen molar-refractivity contribution >= 4 is 11.8 Å². The second-order valence-corrected chi connectivity index (χ2v) is 6.45. The van der Waals surface area contributed by atoms with Crippen LogP contribution in [0.2, 0.25) is 0 Å². The van der Waals surface area contributed by atoms with E-state index in [-0.39, 0.29) is 24.4 Å². The van der Waals surface area contributed by atoms with E-state index in [1.165, 1.54) is 0 Å². The van der Waals surface area contributed by atoms with Gasteiger partial charge in [-0.25, -0.2) is 0 Å². The smallest absolute Gasteiger partial charge is 0.253 e. The van der Waals surface area contributed by atoms with Crippen molar-refractivity contribution in [3.8, 4) is 0 Å². The fraction of sp³-hybridized carbons (Fsp3) is 0.529. The Morgan fingerprint density at radius 2 is 1.81 bits per heavy atom. The molecule has 0 saturated carbocycles. The van der Waals surface area contributed by atoms with E-state index in [1.807, 2.05) is 37.3 Å². The summed E-state index contributed by atoms with van der Waals surface area (Å²) in [5, 5.41) is 2.87. The topological polar surface area (TPSA) is 49.4 Å². The molecule has 0 bridgehead atoms. The summed E-state index contributed by atoms with van der Waals surface area (Å²) in [6, 6.07) is 9.50. The fourth-order valence-electron chi connectivity index (χ4n) is 3.02. The molecule has 2 atom stereocenters. The van der Waals surface area contributed by atoms with Crippen molar-refractivity contribution in [2.24, 2.45) is 5.92 Å². The van der Waals surface area contributed by atoms with Crippen LogP contribution in [0.1, 0.15) is 39.7 Å². The van der Waals surface area contributed by atoms with Crippen LogP contribution >= 0.6 is 0 Å². The lowest BCUT2D eigenvalue weighted by Gasteiger charge is -2.43. The molecule has 1 aromatic carbocycles. The average molecular weight is 288 g/mol. The van der Waals surface area contributed by atoms with Crippen LogP contribution in [-0.4, -0.2) is 29.3 Å². The number of amides is 2. The van der Waals surface area contributed by atoms with Gasteiger partial charge < -0.3 is 10.2 Å². The summed E-state index contributed by atoms with van der Waals surface area (Å²) in [5.74, 6) is 0.360. The molecular weight excluding hydrogens is 264 g/mol. The molecule has 4 nitrogen and oxygen atoms in total. The number of piperazine rings is 1. The van der Waals surface area contributed by atoms with Crippen LogP contribution in [0.5, 0.6) is 0 Å². The molecule has 1 N–H and O–H groups in total. The maximum Gasteiger partial charge on any atom is 0.253 e. The molecule has 1 aliphatic heterocycles. The number of rotatable bonds is 4. The fourth-order valence-corrected chi connectivity index (χ4v) is 3.02. The van der Waals surface area contributed by atoms with Crippen molar-refractivity contribution < 1.29 is 9.59 Å². The minimum Gasteiger partial charge on any atom is -0.337 e. The SMILES string of the molecule is CC(C)CC(C)N1CC(=O)NC(C)(c2ccccc2)C1=O. The van der Waals surface area contributed by atoms with Gasteiger partial charge in [-0.1, -0.05) is 44.2 Å². The van der Waals surface area contributed by atoms with Gasteiger partial charge in [0, 0.05) is 6.04 Å². The largest absolute Gasteiger partial charge is 0.337 e. The first-order chi connectivity index (χ1) is 9.84. The third-order valence-corrected chi connectivity index (χ3v) is 4.09. The highest BCUT2D eigenvalue weighted by atomic mass is 16.2. The van der Waals surface area contributed by atoms with Gasteiger partial charge in [0.25, 0.3) is 5.91 Å². The Kier molecular flexibility index (Phi) is 4.35. The van der Waals surface area contributed by atoms with Crippen LogP contribution < -0.4 is 5.32 Å². The van der Waals surface area contributed by atoms with E-state index in [0.717, 1.165) is 12.0 Å². The normalized spacial score (nSPS) is 24.1. The van der Waals surface area contributed by atoms with Crippen LogP contribution in [0.4, 0.5) is 0 Å². The molecule has 0 aromatic heterocycles. The first kappa shape index (κ1) is 15.5. The number of hydrogen-bond acceptors (Lipinski definition) is 2. The molecule has 0 spiro atoms. The molecule has 0 aliphatic carbocycles. The second kappa shape index (κ2) is 5.88. The minimum atomic E-state index is -0.970. The summed E-state index contributed by atoms with van der Waals surface area (Å²) in [5.41, 5.74) is -0.147. The molecule has 1 aromatic rings. The van der Waals surface area contributed by atoms with Crippen molar-refractivity contribution in [1.29, 1.82) is 0 Å². The lowest BCUT2D eigenvalue weighted by atomic mass is 9.87. The van der Waals surface area contributed by atoms with Crippen LogP contribution in [0.25, 0.3) is 0 Å². The van der Waals surface area contributed by atoms with E-state index < -0.39 is 5.54 Å². The molecule has 0 radical (unpaired) electrons. The highest BCUT2D eigenvalue weighted by Gasteiger charge is 2.45. The van der Waals surface area contributed by atoms with Gasteiger partial charge in [0.15, 0.2) is 0 Å². The second-order valence-electron chi connectivity index (χ2n) is 6.45. The Hall–Kier alpha value is -1.84. The summed E-state index contributed by atoms with van der Waals surface area (Å²) < 4.78 is 0. The van der Waals surface area contributed by atoms with E-state index in [0.29, 0.717) is 5.92 Å². The molecule has 1 saturated heterocycles. The molecule has 21 heavy (non-hydrogen) atoms. The maximum atomic E-state index is 12.9. The van der Waals surface area contributed by atoms with E-state index in [2.05, 4.69) is 19.2 Å². The lowest BCUT2D eigenvalue weighted by molar-refractivity contribution is -0.152. The van der Waals surface area contributed by atoms with E-state index in [1.54, 1.807) is 11.8 Å². The van der Waals surface area contributed by atoms with Gasteiger partial charge in [0.2, 0.25) is 5.91 Å². The standard InChI is InChI=1S/C17H24N2O2/c1-12(2)10-13(3)19-11-15(20)18-17(4,16(19)21)14-8-6-5-7-9-14/h5-9,12-13H,10-11H2,1-4H3,(H,18,20). The quantitative estimate of drug-likeness (QED) is 0.924. The summed E-state index contributed by atoms with van der Waals surface area (Å²) in [6.45, 7) is 8.21. The molecule has 2 rings (SSSR count). The number of carbonyl (C=O) groups excluding carboxylic acids is 2. The predicted octanol–water partition coefficient (Wildman–Crippen LogP) is 2.29. The van der Waals surface area contributed by atoms with E-state index in [9.17, 15) is 9.59 Å². The van der Waals surface area contributed by atoms with Crippen molar-refractivity contribution in [1.82, 2.24) is 10.2 Å². The molecule has 114 valence electrons. The Balaban J connectivity index is 2.31. The molecule has 1 fully saturated rings. The van der Waals surface area contributed by atoms with Gasteiger partial charge in [0.1, 0.15) is 5.54 Å².